The molecule has 3 fully saturated rings. The highest BCUT2D eigenvalue weighted by Crippen LogP contribution is 2.40. The topological polar surface area (TPSA) is 45.2 Å². The summed E-state index contributed by atoms with van der Waals surface area (Å²) in [7, 11) is 0. The van der Waals surface area contributed by atoms with Gasteiger partial charge in [-0.1, -0.05) is 0 Å². The maximum atomic E-state index is 13.8. The molecule has 5 heteroatoms. The van der Waals surface area contributed by atoms with Crippen LogP contribution in [0.25, 0.3) is 10.9 Å². The molecule has 2 saturated carbocycles. The zero-order valence-electron chi connectivity index (χ0n) is 15.6. The van der Waals surface area contributed by atoms with Crippen molar-refractivity contribution in [3.05, 3.63) is 41.3 Å². The number of likely N-dealkylation sites (tertiary alicyclic amines) is 1. The van der Waals surface area contributed by atoms with E-state index in [-0.39, 0.29) is 11.7 Å². The lowest BCUT2D eigenvalue weighted by molar-refractivity contribution is 0.0707. The Morgan fingerprint density at radius 3 is 2.59 bits per heavy atom. The fraction of sp³-hybridized carbons (Fsp3) is 0.545. The first-order valence-electron chi connectivity index (χ1n) is 10.3. The van der Waals surface area contributed by atoms with E-state index in [0.717, 1.165) is 62.4 Å². The SMILES string of the molecule is O=C(c1cc(C2CC2)nc2ccc(F)cc12)N1CCC(NCC2CC2)CC1. The van der Waals surface area contributed by atoms with Crippen molar-refractivity contribution in [2.45, 2.75) is 50.5 Å². The van der Waals surface area contributed by atoms with Crippen LogP contribution in [0, 0.1) is 11.7 Å². The summed E-state index contributed by atoms with van der Waals surface area (Å²) in [6.45, 7) is 2.65. The largest absolute Gasteiger partial charge is 0.339 e. The van der Waals surface area contributed by atoms with Gasteiger partial charge in [0.05, 0.1) is 11.1 Å². The average Bonchev–Trinajstić information content (AvgIpc) is 3.59. The fourth-order valence-corrected chi connectivity index (χ4v) is 4.10. The second-order valence-corrected chi connectivity index (χ2v) is 8.45. The van der Waals surface area contributed by atoms with Crippen molar-refractivity contribution in [3.63, 3.8) is 0 Å². The van der Waals surface area contributed by atoms with Gasteiger partial charge in [0.15, 0.2) is 0 Å². The van der Waals surface area contributed by atoms with Gasteiger partial charge in [-0.3, -0.25) is 9.78 Å². The van der Waals surface area contributed by atoms with E-state index in [1.54, 1.807) is 6.07 Å². The molecule has 142 valence electrons. The normalized spacial score (nSPS) is 21.0. The molecule has 1 aromatic carbocycles. The lowest BCUT2D eigenvalue weighted by atomic mass is 10.0. The Morgan fingerprint density at radius 1 is 1.11 bits per heavy atom. The molecule has 1 saturated heterocycles. The highest BCUT2D eigenvalue weighted by molar-refractivity contribution is 6.06. The van der Waals surface area contributed by atoms with Crippen LogP contribution in [-0.4, -0.2) is 41.5 Å². The number of pyridine rings is 1. The molecule has 2 heterocycles. The van der Waals surface area contributed by atoms with Gasteiger partial charge < -0.3 is 10.2 Å². The maximum Gasteiger partial charge on any atom is 0.254 e. The van der Waals surface area contributed by atoms with Gasteiger partial charge >= 0.3 is 0 Å². The first-order valence-corrected chi connectivity index (χ1v) is 10.3. The Morgan fingerprint density at radius 2 is 1.89 bits per heavy atom. The third-order valence-corrected chi connectivity index (χ3v) is 6.19. The number of fused-ring (bicyclic) bond motifs is 1. The number of rotatable bonds is 5. The van der Waals surface area contributed by atoms with Crippen molar-refractivity contribution < 1.29 is 9.18 Å². The quantitative estimate of drug-likeness (QED) is 0.873. The number of benzene rings is 1. The van der Waals surface area contributed by atoms with Gasteiger partial charge in [0.2, 0.25) is 0 Å². The van der Waals surface area contributed by atoms with Crippen molar-refractivity contribution in [1.82, 2.24) is 15.2 Å². The fourth-order valence-electron chi connectivity index (χ4n) is 4.10. The molecule has 1 aliphatic heterocycles. The zero-order valence-corrected chi connectivity index (χ0v) is 15.6. The highest BCUT2D eigenvalue weighted by atomic mass is 19.1. The Balaban J connectivity index is 1.36. The van der Waals surface area contributed by atoms with Crippen molar-refractivity contribution in [2.24, 2.45) is 5.92 Å². The average molecular weight is 367 g/mol. The minimum absolute atomic E-state index is 0.0237. The molecular formula is C22H26FN3O. The van der Waals surface area contributed by atoms with Crippen molar-refractivity contribution in [1.29, 1.82) is 0 Å². The molecule has 0 spiro atoms. The first kappa shape index (κ1) is 17.1. The molecule has 1 aromatic heterocycles. The predicted molar refractivity (Wildman–Crippen MR) is 103 cm³/mol. The molecule has 0 bridgehead atoms. The summed E-state index contributed by atoms with van der Waals surface area (Å²) in [6.07, 6.45) is 6.96. The molecule has 2 aliphatic carbocycles. The second kappa shape index (κ2) is 6.86. The molecule has 1 amide bonds. The molecular weight excluding hydrogens is 341 g/mol. The molecule has 0 atom stereocenters. The number of nitrogens with zero attached hydrogens (tertiary/aromatic N) is 2. The molecule has 4 nitrogen and oxygen atoms in total. The summed E-state index contributed by atoms with van der Waals surface area (Å²) < 4.78 is 13.8. The number of aromatic nitrogens is 1. The maximum absolute atomic E-state index is 13.8. The van der Waals surface area contributed by atoms with Crippen LogP contribution < -0.4 is 5.32 Å². The Labute approximate surface area is 159 Å². The molecule has 0 radical (unpaired) electrons. The predicted octanol–water partition coefficient (Wildman–Crippen LogP) is 3.86. The van der Waals surface area contributed by atoms with Gasteiger partial charge in [0, 0.05) is 36.1 Å². The van der Waals surface area contributed by atoms with Gasteiger partial charge in [-0.2, -0.15) is 0 Å². The number of carbonyl (C=O) groups is 1. The van der Waals surface area contributed by atoms with Crippen molar-refractivity contribution >= 4 is 16.8 Å². The Kier molecular flexibility index (Phi) is 4.35. The van der Waals surface area contributed by atoms with Crippen LogP contribution in [0.4, 0.5) is 4.39 Å². The lowest BCUT2D eigenvalue weighted by Gasteiger charge is -2.33. The smallest absolute Gasteiger partial charge is 0.254 e. The van der Waals surface area contributed by atoms with E-state index < -0.39 is 0 Å². The van der Waals surface area contributed by atoms with Crippen LogP contribution in [0.2, 0.25) is 0 Å². The van der Waals surface area contributed by atoms with E-state index in [0.29, 0.717) is 22.9 Å². The van der Waals surface area contributed by atoms with E-state index in [2.05, 4.69) is 10.3 Å². The minimum Gasteiger partial charge on any atom is -0.339 e. The summed E-state index contributed by atoms with van der Waals surface area (Å²) >= 11 is 0. The van der Waals surface area contributed by atoms with Gasteiger partial charge in [0.1, 0.15) is 5.82 Å². The summed E-state index contributed by atoms with van der Waals surface area (Å²) in [5, 5.41) is 4.29. The van der Waals surface area contributed by atoms with Crippen LogP contribution in [-0.2, 0) is 0 Å². The second-order valence-electron chi connectivity index (χ2n) is 8.45. The van der Waals surface area contributed by atoms with Crippen LogP contribution in [0.15, 0.2) is 24.3 Å². The third kappa shape index (κ3) is 3.70. The number of piperidine rings is 1. The summed E-state index contributed by atoms with van der Waals surface area (Å²) in [4.78, 5) is 19.9. The molecule has 5 rings (SSSR count). The summed E-state index contributed by atoms with van der Waals surface area (Å²) in [5.74, 6) is 1.04. The van der Waals surface area contributed by atoms with Gasteiger partial charge in [-0.25, -0.2) is 4.39 Å². The summed E-state index contributed by atoms with van der Waals surface area (Å²) in [6, 6.07) is 7.01. The number of nitrogens with one attached hydrogen (secondary N) is 1. The standard InChI is InChI=1S/C22H26FN3O/c23-16-5-6-20-18(11-16)19(12-21(25-20)15-3-4-15)22(27)26-9-7-17(8-10-26)24-13-14-1-2-14/h5-6,11-12,14-15,17,24H,1-4,7-10,13H2. The molecule has 27 heavy (non-hydrogen) atoms. The number of hydrogen-bond donors (Lipinski definition) is 1. The lowest BCUT2D eigenvalue weighted by Crippen LogP contribution is -2.45. The van der Waals surface area contributed by atoms with E-state index >= 15 is 0 Å². The van der Waals surface area contributed by atoms with E-state index in [4.69, 9.17) is 0 Å². The molecule has 2 aromatic rings. The number of amides is 1. The van der Waals surface area contributed by atoms with Crippen LogP contribution >= 0.6 is 0 Å². The van der Waals surface area contributed by atoms with Gasteiger partial charge in [-0.15, -0.1) is 0 Å². The Bertz CT molecular complexity index is 867. The van der Waals surface area contributed by atoms with Crippen molar-refractivity contribution in [3.8, 4) is 0 Å². The van der Waals surface area contributed by atoms with E-state index in [1.165, 1.54) is 25.0 Å². The molecule has 0 unspecified atom stereocenters. The minimum atomic E-state index is -0.319. The monoisotopic (exact) mass is 367 g/mol. The Hall–Kier alpha value is -2.01. The number of hydrogen-bond acceptors (Lipinski definition) is 3. The first-order chi connectivity index (χ1) is 13.2. The van der Waals surface area contributed by atoms with E-state index in [9.17, 15) is 9.18 Å². The van der Waals surface area contributed by atoms with Gasteiger partial charge in [0.25, 0.3) is 5.91 Å². The molecule has 1 N–H and O–H groups in total. The van der Waals surface area contributed by atoms with Crippen LogP contribution in [0.5, 0.6) is 0 Å². The van der Waals surface area contributed by atoms with Crippen LogP contribution in [0.3, 0.4) is 0 Å². The van der Waals surface area contributed by atoms with Crippen molar-refractivity contribution in [2.75, 3.05) is 19.6 Å². The number of carbonyl (C=O) groups excluding carboxylic acids is 1. The van der Waals surface area contributed by atoms with E-state index in [1.807, 2.05) is 11.0 Å². The number of halogens is 1. The third-order valence-electron chi connectivity index (χ3n) is 6.19. The zero-order chi connectivity index (χ0) is 18.4. The van der Waals surface area contributed by atoms with Gasteiger partial charge in [-0.05, 0) is 75.3 Å². The van der Waals surface area contributed by atoms with Crippen LogP contribution in [0.1, 0.15) is 60.5 Å². The molecule has 3 aliphatic rings. The highest BCUT2D eigenvalue weighted by Gasteiger charge is 2.30. The summed E-state index contributed by atoms with van der Waals surface area (Å²) in [5.41, 5.74) is 2.33.